The molecule has 0 amide bonds. The minimum absolute atomic E-state index is 0.0523. The number of carbonyl (C=O) groups excluding carboxylic acids is 1. The average Bonchev–Trinajstić information content (AvgIpc) is 2.44. The monoisotopic (exact) mass is 280 g/mol. The zero-order chi connectivity index (χ0) is 14.6. The van der Waals surface area contributed by atoms with Gasteiger partial charge in [0.25, 0.3) is 0 Å². The predicted octanol–water partition coefficient (Wildman–Crippen LogP) is 4.10. The van der Waals surface area contributed by atoms with Gasteiger partial charge in [-0.05, 0) is 18.2 Å². The van der Waals surface area contributed by atoms with Crippen LogP contribution >= 0.6 is 0 Å². The maximum Gasteiger partial charge on any atom is 0.416 e. The minimum atomic E-state index is -4.41. The Balaban J connectivity index is 2.17. The molecule has 5 heteroatoms. The van der Waals surface area contributed by atoms with Gasteiger partial charge in [-0.3, -0.25) is 4.79 Å². The molecule has 0 N–H and O–H groups in total. The fraction of sp³-hybridized carbons (Fsp3) is 0.133. The lowest BCUT2D eigenvalue weighted by Crippen LogP contribution is -2.10. The number of rotatable bonds is 4. The van der Waals surface area contributed by atoms with Crippen LogP contribution in [-0.4, -0.2) is 6.29 Å². The van der Waals surface area contributed by atoms with Crippen LogP contribution in [0.2, 0.25) is 0 Å². The Hall–Kier alpha value is -2.30. The third-order valence-electron chi connectivity index (χ3n) is 2.71. The second kappa shape index (κ2) is 5.77. The second-order valence-corrected chi connectivity index (χ2v) is 4.13. The maximum absolute atomic E-state index is 12.8. The Kier molecular flexibility index (Phi) is 4.08. The van der Waals surface area contributed by atoms with E-state index in [9.17, 15) is 18.0 Å². The smallest absolute Gasteiger partial charge is 0.416 e. The van der Waals surface area contributed by atoms with E-state index in [0.29, 0.717) is 17.6 Å². The molecule has 2 aromatic carbocycles. The van der Waals surface area contributed by atoms with Crippen molar-refractivity contribution >= 4 is 6.29 Å². The highest BCUT2D eigenvalue weighted by Gasteiger charge is 2.32. The first-order valence-electron chi connectivity index (χ1n) is 5.84. The molecule has 0 aliphatic carbocycles. The fourth-order valence-corrected chi connectivity index (χ4v) is 1.76. The van der Waals surface area contributed by atoms with E-state index in [2.05, 4.69) is 0 Å². The van der Waals surface area contributed by atoms with Crippen molar-refractivity contribution in [1.82, 2.24) is 0 Å². The molecule has 2 nitrogen and oxygen atoms in total. The zero-order valence-electron chi connectivity index (χ0n) is 10.4. The lowest BCUT2D eigenvalue weighted by Gasteiger charge is -2.13. The lowest BCUT2D eigenvalue weighted by atomic mass is 10.1. The molecule has 0 aromatic heterocycles. The predicted molar refractivity (Wildman–Crippen MR) is 67.6 cm³/mol. The Morgan fingerprint density at radius 1 is 1.05 bits per heavy atom. The SMILES string of the molecule is O=Cc1cccc(OCc2ccccc2C(F)(F)F)c1. The van der Waals surface area contributed by atoms with Gasteiger partial charge >= 0.3 is 6.18 Å². The third kappa shape index (κ3) is 3.38. The normalized spacial score (nSPS) is 11.2. The molecule has 2 aromatic rings. The largest absolute Gasteiger partial charge is 0.489 e. The molecule has 0 saturated carbocycles. The topological polar surface area (TPSA) is 26.3 Å². The van der Waals surface area contributed by atoms with E-state index in [0.717, 1.165) is 6.07 Å². The van der Waals surface area contributed by atoms with E-state index in [1.165, 1.54) is 24.3 Å². The Morgan fingerprint density at radius 2 is 1.80 bits per heavy atom. The number of carbonyl (C=O) groups is 1. The molecule has 0 aliphatic rings. The summed E-state index contributed by atoms with van der Waals surface area (Å²) in [5.41, 5.74) is -0.255. The summed E-state index contributed by atoms with van der Waals surface area (Å²) in [6.45, 7) is -0.210. The highest BCUT2D eigenvalue weighted by atomic mass is 19.4. The summed E-state index contributed by atoms with van der Waals surface area (Å²) in [5, 5.41) is 0. The average molecular weight is 280 g/mol. The standard InChI is InChI=1S/C15H11F3O2/c16-15(17,18)14-7-2-1-5-12(14)10-20-13-6-3-4-11(8-13)9-19/h1-9H,10H2. The highest BCUT2D eigenvalue weighted by molar-refractivity contribution is 5.75. The Morgan fingerprint density at radius 3 is 2.50 bits per heavy atom. The molecule has 2 rings (SSSR count). The van der Waals surface area contributed by atoms with E-state index in [1.807, 2.05) is 0 Å². The molecule has 0 spiro atoms. The van der Waals surface area contributed by atoms with Gasteiger partial charge in [0.05, 0.1) is 5.56 Å². The van der Waals surface area contributed by atoms with Gasteiger partial charge in [0.1, 0.15) is 18.6 Å². The van der Waals surface area contributed by atoms with Gasteiger partial charge in [0, 0.05) is 11.1 Å². The number of benzene rings is 2. The maximum atomic E-state index is 12.8. The van der Waals surface area contributed by atoms with Gasteiger partial charge in [-0.15, -0.1) is 0 Å². The van der Waals surface area contributed by atoms with Crippen molar-refractivity contribution in [3.05, 3.63) is 65.2 Å². The number of ether oxygens (including phenoxy) is 1. The van der Waals surface area contributed by atoms with Gasteiger partial charge in [0.15, 0.2) is 0 Å². The van der Waals surface area contributed by atoms with Crippen molar-refractivity contribution in [3.63, 3.8) is 0 Å². The van der Waals surface area contributed by atoms with E-state index >= 15 is 0 Å². The summed E-state index contributed by atoms with van der Waals surface area (Å²) in [7, 11) is 0. The van der Waals surface area contributed by atoms with Crippen molar-refractivity contribution in [1.29, 1.82) is 0 Å². The number of halogens is 3. The van der Waals surface area contributed by atoms with Crippen molar-refractivity contribution in [3.8, 4) is 5.75 Å². The molecule has 0 unspecified atom stereocenters. The highest BCUT2D eigenvalue weighted by Crippen LogP contribution is 2.32. The summed E-state index contributed by atoms with van der Waals surface area (Å²) in [4.78, 5) is 10.6. The van der Waals surface area contributed by atoms with Crippen LogP contribution in [0, 0.1) is 0 Å². The van der Waals surface area contributed by atoms with Crippen LogP contribution in [0.3, 0.4) is 0 Å². The molecular formula is C15H11F3O2. The van der Waals surface area contributed by atoms with Crippen molar-refractivity contribution < 1.29 is 22.7 Å². The van der Waals surface area contributed by atoms with E-state index < -0.39 is 11.7 Å². The molecule has 0 heterocycles. The summed E-state index contributed by atoms with van der Waals surface area (Å²) >= 11 is 0. The third-order valence-corrected chi connectivity index (χ3v) is 2.71. The van der Waals surface area contributed by atoms with Gasteiger partial charge in [-0.25, -0.2) is 0 Å². The Labute approximate surface area is 113 Å². The van der Waals surface area contributed by atoms with Crippen molar-refractivity contribution in [2.45, 2.75) is 12.8 Å². The minimum Gasteiger partial charge on any atom is -0.489 e. The van der Waals surface area contributed by atoms with E-state index in [-0.39, 0.29) is 12.2 Å². The van der Waals surface area contributed by atoms with Crippen molar-refractivity contribution in [2.75, 3.05) is 0 Å². The van der Waals surface area contributed by atoms with Crippen LogP contribution in [0.5, 0.6) is 5.75 Å². The summed E-state index contributed by atoms with van der Waals surface area (Å²) < 4.78 is 43.7. The molecule has 0 aliphatic heterocycles. The van der Waals surface area contributed by atoms with Gasteiger partial charge in [-0.1, -0.05) is 30.3 Å². The van der Waals surface area contributed by atoms with Crippen LogP contribution in [0.4, 0.5) is 13.2 Å². The quantitative estimate of drug-likeness (QED) is 0.788. The van der Waals surface area contributed by atoms with Gasteiger partial charge in [-0.2, -0.15) is 13.2 Å². The van der Waals surface area contributed by atoms with E-state index in [1.54, 1.807) is 18.2 Å². The molecule has 104 valence electrons. The van der Waals surface area contributed by atoms with Crippen LogP contribution in [0.25, 0.3) is 0 Å². The van der Waals surface area contributed by atoms with Crippen LogP contribution < -0.4 is 4.74 Å². The van der Waals surface area contributed by atoms with Crippen molar-refractivity contribution in [2.24, 2.45) is 0 Å². The summed E-state index contributed by atoms with van der Waals surface area (Å²) in [6.07, 6.45) is -3.76. The molecule has 0 atom stereocenters. The number of hydrogen-bond donors (Lipinski definition) is 0. The number of aldehydes is 1. The van der Waals surface area contributed by atoms with Crippen LogP contribution in [0.1, 0.15) is 21.5 Å². The Bertz CT molecular complexity index is 606. The zero-order valence-corrected chi connectivity index (χ0v) is 10.4. The molecule has 0 saturated heterocycles. The molecule has 0 bridgehead atoms. The molecule has 0 fully saturated rings. The number of hydrogen-bond acceptors (Lipinski definition) is 2. The fourth-order valence-electron chi connectivity index (χ4n) is 1.76. The summed E-state index contributed by atoms with van der Waals surface area (Å²) in [6, 6.07) is 11.5. The molecule has 20 heavy (non-hydrogen) atoms. The van der Waals surface area contributed by atoms with Gasteiger partial charge in [0.2, 0.25) is 0 Å². The van der Waals surface area contributed by atoms with Crippen LogP contribution in [-0.2, 0) is 12.8 Å². The summed E-state index contributed by atoms with van der Waals surface area (Å²) in [5.74, 6) is 0.353. The van der Waals surface area contributed by atoms with Crippen LogP contribution in [0.15, 0.2) is 48.5 Å². The first kappa shape index (κ1) is 14.1. The van der Waals surface area contributed by atoms with E-state index in [4.69, 9.17) is 4.74 Å². The first-order valence-corrected chi connectivity index (χ1v) is 5.84. The lowest BCUT2D eigenvalue weighted by molar-refractivity contribution is -0.138. The van der Waals surface area contributed by atoms with Gasteiger partial charge < -0.3 is 4.74 Å². The first-order chi connectivity index (χ1) is 9.50. The molecule has 0 radical (unpaired) electrons. The molecular weight excluding hydrogens is 269 g/mol. The second-order valence-electron chi connectivity index (χ2n) is 4.13. The number of alkyl halides is 3.